The number of ether oxygens (including phenoxy) is 1. The predicted molar refractivity (Wildman–Crippen MR) is 115 cm³/mol. The van der Waals surface area contributed by atoms with Crippen LogP contribution in [-0.4, -0.2) is 41.6 Å². The van der Waals surface area contributed by atoms with E-state index in [2.05, 4.69) is 26.9 Å². The molecule has 160 valence electrons. The second-order valence-electron chi connectivity index (χ2n) is 7.44. The number of pyridine rings is 1. The molecule has 0 spiro atoms. The fraction of sp³-hybridized carbons (Fsp3) is 0.318. The second kappa shape index (κ2) is 8.68. The van der Waals surface area contributed by atoms with Gasteiger partial charge in [0, 0.05) is 0 Å². The number of methoxy groups -OCH3 is 1. The first-order valence-corrected chi connectivity index (χ1v) is 13.4. The molecule has 0 fully saturated rings. The molecule has 1 aromatic heterocycles. The Morgan fingerprint density at radius 3 is 2.67 bits per heavy atom. The third-order valence-electron chi connectivity index (χ3n) is 5.16. The summed E-state index contributed by atoms with van der Waals surface area (Å²) in [5, 5.41) is 0.970. The summed E-state index contributed by atoms with van der Waals surface area (Å²) in [6.45, 7) is 0. The van der Waals surface area contributed by atoms with Gasteiger partial charge in [0.15, 0.2) is 0 Å². The SMILES string of the molecule is COc1ccc(S(=O)(=O)Nc2ccc3ccccc3n2)c2c1CC([I-]N(C)C)CC2. The van der Waals surface area contributed by atoms with Crippen LogP contribution in [0.1, 0.15) is 17.5 Å². The fourth-order valence-electron chi connectivity index (χ4n) is 3.89. The zero-order valence-electron chi connectivity index (χ0n) is 17.2. The summed E-state index contributed by atoms with van der Waals surface area (Å²) in [5.74, 6) is 1.10. The average molecular weight is 538 g/mol. The minimum atomic E-state index is -3.76. The average Bonchev–Trinajstić information content (AvgIpc) is 2.72. The number of rotatable bonds is 6. The molecular weight excluding hydrogens is 513 g/mol. The van der Waals surface area contributed by atoms with E-state index in [4.69, 9.17) is 4.74 Å². The van der Waals surface area contributed by atoms with Crippen LogP contribution in [0, 0.1) is 0 Å². The zero-order chi connectivity index (χ0) is 21.3. The minimum absolute atomic E-state index is 0.0940. The van der Waals surface area contributed by atoms with Crippen LogP contribution in [0.4, 0.5) is 5.82 Å². The first-order chi connectivity index (χ1) is 14.4. The van der Waals surface area contributed by atoms with Crippen LogP contribution in [0.25, 0.3) is 10.9 Å². The molecule has 0 amide bonds. The molecule has 0 saturated heterocycles. The topological polar surface area (TPSA) is 71.5 Å². The maximum absolute atomic E-state index is 13.3. The van der Waals surface area contributed by atoms with Crippen molar-refractivity contribution in [2.45, 2.75) is 28.1 Å². The summed E-state index contributed by atoms with van der Waals surface area (Å²) in [4.78, 5) is 4.79. The molecule has 0 saturated carbocycles. The standard InChI is InChI=1S/C22H25IN3O3S/c1-26(2)23-16-9-10-17-18(14-16)20(29-3)11-12-21(17)30(27,28)25-22-13-8-15-6-4-5-7-19(15)24-22/h4-8,11-13,16H,9-10,14H2,1-3H3,(H,24,25)/q-1. The Morgan fingerprint density at radius 2 is 1.90 bits per heavy atom. The summed E-state index contributed by atoms with van der Waals surface area (Å²) in [5.41, 5.74) is 2.66. The van der Waals surface area contributed by atoms with Gasteiger partial charge in [-0.3, -0.25) is 0 Å². The number of halogens is 1. The molecule has 1 unspecified atom stereocenters. The number of anilines is 1. The molecule has 2 aromatic carbocycles. The van der Waals surface area contributed by atoms with Gasteiger partial charge in [0.05, 0.1) is 0 Å². The molecule has 8 heteroatoms. The molecule has 30 heavy (non-hydrogen) atoms. The first kappa shape index (κ1) is 21.3. The van der Waals surface area contributed by atoms with Crippen molar-refractivity contribution >= 4 is 26.7 Å². The molecule has 0 radical (unpaired) electrons. The van der Waals surface area contributed by atoms with Crippen LogP contribution in [0.2, 0.25) is 0 Å². The molecule has 4 rings (SSSR count). The Hall–Kier alpha value is -1.91. The van der Waals surface area contributed by atoms with Crippen molar-refractivity contribution in [3.63, 3.8) is 0 Å². The molecule has 1 aliphatic rings. The quantitative estimate of drug-likeness (QED) is 0.281. The molecule has 1 N–H and O–H groups in total. The molecule has 6 nitrogen and oxygen atoms in total. The van der Waals surface area contributed by atoms with E-state index < -0.39 is 10.0 Å². The van der Waals surface area contributed by atoms with Gasteiger partial charge in [0.1, 0.15) is 0 Å². The van der Waals surface area contributed by atoms with E-state index in [9.17, 15) is 8.42 Å². The normalized spacial score (nSPS) is 16.6. The predicted octanol–water partition coefficient (Wildman–Crippen LogP) is 0.467. The van der Waals surface area contributed by atoms with Gasteiger partial charge in [-0.25, -0.2) is 0 Å². The number of hydrogen-bond donors (Lipinski definition) is 1. The van der Waals surface area contributed by atoms with Crippen molar-refractivity contribution in [1.29, 1.82) is 0 Å². The van der Waals surface area contributed by atoms with Gasteiger partial charge in [-0.2, -0.15) is 0 Å². The summed E-state index contributed by atoms with van der Waals surface area (Å²) < 4.78 is 37.7. The van der Waals surface area contributed by atoms with Crippen LogP contribution in [0.3, 0.4) is 0 Å². The van der Waals surface area contributed by atoms with E-state index in [1.807, 2.05) is 30.3 Å². The van der Waals surface area contributed by atoms with Crippen LogP contribution in [0.15, 0.2) is 53.4 Å². The Balaban J connectivity index is 1.68. The number of aromatic nitrogens is 1. The fourth-order valence-corrected chi connectivity index (χ4v) is 7.99. The Bertz CT molecular complexity index is 1180. The molecule has 1 heterocycles. The van der Waals surface area contributed by atoms with E-state index in [1.54, 1.807) is 25.3 Å². The van der Waals surface area contributed by atoms with Gasteiger partial charge in [0.25, 0.3) is 0 Å². The van der Waals surface area contributed by atoms with Crippen molar-refractivity contribution < 1.29 is 34.6 Å². The van der Waals surface area contributed by atoms with Crippen LogP contribution in [-0.2, 0) is 22.9 Å². The number of para-hydroxylation sites is 1. The third kappa shape index (κ3) is 4.40. The van der Waals surface area contributed by atoms with Crippen molar-refractivity contribution in [3.8, 4) is 5.75 Å². The van der Waals surface area contributed by atoms with Crippen LogP contribution < -0.4 is 30.9 Å². The van der Waals surface area contributed by atoms with Crippen LogP contribution >= 0.6 is 0 Å². The number of benzene rings is 2. The second-order valence-corrected chi connectivity index (χ2v) is 13.3. The van der Waals surface area contributed by atoms with Crippen molar-refractivity contribution in [1.82, 2.24) is 8.10 Å². The molecule has 1 atom stereocenters. The monoisotopic (exact) mass is 538 g/mol. The number of hydrogen-bond acceptors (Lipinski definition) is 5. The summed E-state index contributed by atoms with van der Waals surface area (Å²) in [7, 11) is 2.11. The summed E-state index contributed by atoms with van der Waals surface area (Å²) in [6.07, 6.45) is 2.61. The molecule has 1 aliphatic carbocycles. The van der Waals surface area contributed by atoms with E-state index in [1.165, 1.54) is 0 Å². The number of alkyl halides is 1. The Morgan fingerprint density at radius 1 is 1.10 bits per heavy atom. The number of fused-ring (bicyclic) bond motifs is 2. The molecular formula is C22H25IN3O3S-. The summed E-state index contributed by atoms with van der Waals surface area (Å²) >= 11 is -0.0940. The van der Waals surface area contributed by atoms with Crippen molar-refractivity contribution in [3.05, 3.63) is 59.7 Å². The maximum atomic E-state index is 13.3. The van der Waals surface area contributed by atoms with Crippen LogP contribution in [0.5, 0.6) is 5.75 Å². The van der Waals surface area contributed by atoms with E-state index in [0.29, 0.717) is 14.6 Å². The van der Waals surface area contributed by atoms with Gasteiger partial charge in [-0.05, 0) is 0 Å². The summed E-state index contributed by atoms with van der Waals surface area (Å²) in [6, 6.07) is 14.7. The van der Waals surface area contributed by atoms with E-state index in [0.717, 1.165) is 47.0 Å². The van der Waals surface area contributed by atoms with E-state index in [-0.39, 0.29) is 21.5 Å². The van der Waals surface area contributed by atoms with E-state index >= 15 is 0 Å². The first-order valence-electron chi connectivity index (χ1n) is 9.76. The van der Waals surface area contributed by atoms with Gasteiger partial charge in [-0.15, -0.1) is 0 Å². The third-order valence-corrected chi connectivity index (χ3v) is 9.56. The molecule has 0 aliphatic heterocycles. The molecule has 0 bridgehead atoms. The van der Waals surface area contributed by atoms with Crippen molar-refractivity contribution in [2.24, 2.45) is 0 Å². The van der Waals surface area contributed by atoms with Gasteiger partial charge < -0.3 is 0 Å². The molecule has 3 aromatic rings. The van der Waals surface area contributed by atoms with Crippen molar-refractivity contribution in [2.75, 3.05) is 25.9 Å². The number of nitrogens with zero attached hydrogens (tertiary/aromatic N) is 2. The Labute approximate surface area is 188 Å². The van der Waals surface area contributed by atoms with Gasteiger partial charge >= 0.3 is 183 Å². The number of nitrogens with one attached hydrogen (secondary N) is 1. The number of sulfonamides is 1. The van der Waals surface area contributed by atoms with Gasteiger partial charge in [-0.1, -0.05) is 6.07 Å². The zero-order valence-corrected chi connectivity index (χ0v) is 20.2. The van der Waals surface area contributed by atoms with Gasteiger partial charge in [0.2, 0.25) is 0 Å². The Kier molecular flexibility index (Phi) is 6.17.